The van der Waals surface area contributed by atoms with E-state index in [1.54, 1.807) is 6.07 Å². The molecule has 1 fully saturated rings. The second-order valence-electron chi connectivity index (χ2n) is 5.56. The molecule has 0 unspecified atom stereocenters. The van der Waals surface area contributed by atoms with E-state index in [4.69, 9.17) is 13.9 Å². The fourth-order valence-electron chi connectivity index (χ4n) is 2.55. The van der Waals surface area contributed by atoms with Crippen LogP contribution in [0.3, 0.4) is 0 Å². The molecule has 0 atom stereocenters. The minimum atomic E-state index is -0.547. The SMILES string of the molecule is COc1cc(N2CCOCC2)nnc1C(=O)Nc1nnc(-c2cccs2)o1. The van der Waals surface area contributed by atoms with Crippen molar-refractivity contribution in [2.45, 2.75) is 0 Å². The molecule has 3 aromatic rings. The zero-order valence-corrected chi connectivity index (χ0v) is 15.2. The summed E-state index contributed by atoms with van der Waals surface area (Å²) < 4.78 is 16.1. The van der Waals surface area contributed by atoms with Crippen LogP contribution in [0.25, 0.3) is 10.8 Å². The fraction of sp³-hybridized carbons (Fsp3) is 0.312. The van der Waals surface area contributed by atoms with Crippen LogP contribution in [-0.2, 0) is 4.74 Å². The molecule has 1 aliphatic heterocycles. The van der Waals surface area contributed by atoms with Crippen LogP contribution in [0.5, 0.6) is 5.75 Å². The maximum atomic E-state index is 12.5. The predicted octanol–water partition coefficient (Wildman–Crippen LogP) is 1.69. The van der Waals surface area contributed by atoms with Gasteiger partial charge in [0.25, 0.3) is 11.8 Å². The van der Waals surface area contributed by atoms with Crippen LogP contribution >= 0.6 is 11.3 Å². The number of hydrogen-bond donors (Lipinski definition) is 1. The lowest BCUT2D eigenvalue weighted by Gasteiger charge is -2.27. The van der Waals surface area contributed by atoms with Crippen molar-refractivity contribution in [1.29, 1.82) is 0 Å². The summed E-state index contributed by atoms with van der Waals surface area (Å²) in [7, 11) is 1.47. The Labute approximate surface area is 158 Å². The molecule has 27 heavy (non-hydrogen) atoms. The topological polar surface area (TPSA) is 116 Å². The van der Waals surface area contributed by atoms with Gasteiger partial charge in [0.2, 0.25) is 0 Å². The number of morpholine rings is 1. The van der Waals surface area contributed by atoms with Crippen molar-refractivity contribution >= 4 is 29.1 Å². The first kappa shape index (κ1) is 17.4. The van der Waals surface area contributed by atoms with Crippen LogP contribution in [0, 0.1) is 0 Å². The highest BCUT2D eigenvalue weighted by molar-refractivity contribution is 7.13. The third-order valence-corrected chi connectivity index (χ3v) is 4.75. The highest BCUT2D eigenvalue weighted by atomic mass is 32.1. The molecule has 10 nitrogen and oxygen atoms in total. The van der Waals surface area contributed by atoms with Gasteiger partial charge in [-0.15, -0.1) is 26.6 Å². The quantitative estimate of drug-likeness (QED) is 0.697. The molecular formula is C16H16N6O4S. The van der Waals surface area contributed by atoms with Crippen molar-refractivity contribution in [2.24, 2.45) is 0 Å². The van der Waals surface area contributed by atoms with Crippen molar-refractivity contribution in [1.82, 2.24) is 20.4 Å². The Morgan fingerprint density at radius 3 is 2.85 bits per heavy atom. The molecule has 0 saturated carbocycles. The van der Waals surface area contributed by atoms with Gasteiger partial charge in [0.15, 0.2) is 17.3 Å². The third-order valence-electron chi connectivity index (χ3n) is 3.89. The minimum absolute atomic E-state index is 0.0236. The lowest BCUT2D eigenvalue weighted by Crippen LogP contribution is -2.37. The van der Waals surface area contributed by atoms with Gasteiger partial charge < -0.3 is 18.8 Å². The maximum Gasteiger partial charge on any atom is 0.322 e. The van der Waals surface area contributed by atoms with Crippen LogP contribution in [0.4, 0.5) is 11.8 Å². The minimum Gasteiger partial charge on any atom is -0.494 e. The number of carbonyl (C=O) groups is 1. The first-order valence-corrected chi connectivity index (χ1v) is 9.05. The number of methoxy groups -OCH3 is 1. The zero-order chi connectivity index (χ0) is 18.6. The Balaban J connectivity index is 1.51. The summed E-state index contributed by atoms with van der Waals surface area (Å²) in [5, 5.41) is 20.3. The van der Waals surface area contributed by atoms with E-state index in [1.165, 1.54) is 18.4 Å². The summed E-state index contributed by atoms with van der Waals surface area (Å²) in [5.74, 6) is 0.724. The van der Waals surface area contributed by atoms with Crippen LogP contribution in [0.15, 0.2) is 28.0 Å². The molecule has 1 saturated heterocycles. The molecule has 1 N–H and O–H groups in total. The van der Waals surface area contributed by atoms with Crippen LogP contribution in [-0.4, -0.2) is 59.7 Å². The monoisotopic (exact) mass is 388 g/mol. The maximum absolute atomic E-state index is 12.5. The van der Waals surface area contributed by atoms with Gasteiger partial charge in [-0.2, -0.15) is 0 Å². The average Bonchev–Trinajstić information content (AvgIpc) is 3.40. The van der Waals surface area contributed by atoms with Gasteiger partial charge in [0.1, 0.15) is 0 Å². The van der Waals surface area contributed by atoms with Crippen LogP contribution < -0.4 is 15.0 Å². The molecule has 1 amide bonds. The molecule has 0 radical (unpaired) electrons. The van der Waals surface area contributed by atoms with Gasteiger partial charge in [-0.25, -0.2) is 0 Å². The smallest absolute Gasteiger partial charge is 0.322 e. The van der Waals surface area contributed by atoms with Gasteiger partial charge >= 0.3 is 6.01 Å². The number of carbonyl (C=O) groups excluding carboxylic acids is 1. The zero-order valence-electron chi connectivity index (χ0n) is 14.4. The van der Waals surface area contributed by atoms with Crippen molar-refractivity contribution in [3.05, 3.63) is 29.3 Å². The largest absolute Gasteiger partial charge is 0.494 e. The molecule has 0 aromatic carbocycles. The predicted molar refractivity (Wildman–Crippen MR) is 97.2 cm³/mol. The normalized spacial score (nSPS) is 14.2. The van der Waals surface area contributed by atoms with E-state index in [-0.39, 0.29) is 11.7 Å². The van der Waals surface area contributed by atoms with E-state index in [1.807, 2.05) is 22.4 Å². The molecule has 0 spiro atoms. The van der Waals surface area contributed by atoms with Gasteiger partial charge in [0.05, 0.1) is 25.2 Å². The van der Waals surface area contributed by atoms with E-state index >= 15 is 0 Å². The van der Waals surface area contributed by atoms with Crippen molar-refractivity contribution in [3.8, 4) is 16.5 Å². The van der Waals surface area contributed by atoms with Gasteiger partial charge in [-0.1, -0.05) is 11.2 Å². The van der Waals surface area contributed by atoms with Crippen molar-refractivity contribution in [3.63, 3.8) is 0 Å². The number of thiophene rings is 1. The molecule has 4 heterocycles. The fourth-order valence-corrected chi connectivity index (χ4v) is 3.20. The second-order valence-corrected chi connectivity index (χ2v) is 6.51. The third kappa shape index (κ3) is 3.73. The number of rotatable bonds is 5. The molecule has 4 rings (SSSR count). The van der Waals surface area contributed by atoms with Gasteiger partial charge in [-0.05, 0) is 11.4 Å². The lowest BCUT2D eigenvalue weighted by atomic mass is 10.3. The van der Waals surface area contributed by atoms with E-state index in [9.17, 15) is 4.79 Å². The van der Waals surface area contributed by atoms with Gasteiger partial charge in [0, 0.05) is 19.2 Å². The van der Waals surface area contributed by atoms with E-state index in [0.29, 0.717) is 43.8 Å². The Bertz CT molecular complexity index is 923. The number of amides is 1. The molecule has 140 valence electrons. The van der Waals surface area contributed by atoms with Crippen LogP contribution in [0.1, 0.15) is 10.5 Å². The van der Waals surface area contributed by atoms with E-state index < -0.39 is 5.91 Å². The molecule has 0 bridgehead atoms. The van der Waals surface area contributed by atoms with Crippen LogP contribution in [0.2, 0.25) is 0 Å². The Kier molecular flexibility index (Phi) is 4.94. The Morgan fingerprint density at radius 1 is 1.26 bits per heavy atom. The van der Waals surface area contributed by atoms with Crippen molar-refractivity contribution < 1.29 is 18.7 Å². The Hall–Kier alpha value is -3.05. The molecule has 1 aliphatic rings. The lowest BCUT2D eigenvalue weighted by molar-refractivity contribution is 0.101. The summed E-state index contributed by atoms with van der Waals surface area (Å²) in [4.78, 5) is 15.4. The second kappa shape index (κ2) is 7.68. The number of nitrogens with one attached hydrogen (secondary N) is 1. The highest BCUT2D eigenvalue weighted by Crippen LogP contribution is 2.26. The summed E-state index contributed by atoms with van der Waals surface area (Å²) in [6.07, 6.45) is 0. The molecule has 11 heteroatoms. The Morgan fingerprint density at radius 2 is 2.11 bits per heavy atom. The van der Waals surface area contributed by atoms with Gasteiger partial charge in [-0.3, -0.25) is 10.1 Å². The number of anilines is 2. The standard InChI is InChI=1S/C16H16N6O4S/c1-24-10-9-12(22-4-6-25-7-5-22)18-19-13(10)14(23)17-16-21-20-15(26-16)11-3-2-8-27-11/h2-3,8-9H,4-7H2,1H3,(H,17,21,23). The van der Waals surface area contributed by atoms with Crippen molar-refractivity contribution in [2.75, 3.05) is 43.6 Å². The first-order chi connectivity index (χ1) is 13.2. The number of nitrogens with zero attached hydrogens (tertiary/aromatic N) is 5. The molecule has 0 aliphatic carbocycles. The summed E-state index contributed by atoms with van der Waals surface area (Å²) in [6, 6.07) is 5.38. The number of hydrogen-bond acceptors (Lipinski definition) is 10. The molecular weight excluding hydrogens is 372 g/mol. The number of ether oxygens (including phenoxy) is 2. The summed E-state index contributed by atoms with van der Waals surface area (Å²) in [6.45, 7) is 2.65. The van der Waals surface area contributed by atoms with E-state index in [0.717, 1.165) is 4.88 Å². The summed E-state index contributed by atoms with van der Waals surface area (Å²) >= 11 is 1.46. The number of aromatic nitrogens is 4. The molecule has 3 aromatic heterocycles. The first-order valence-electron chi connectivity index (χ1n) is 8.18. The highest BCUT2D eigenvalue weighted by Gasteiger charge is 2.21. The average molecular weight is 388 g/mol. The summed E-state index contributed by atoms with van der Waals surface area (Å²) in [5.41, 5.74) is 0.0328. The van der Waals surface area contributed by atoms with E-state index in [2.05, 4.69) is 25.7 Å².